The molecule has 0 aliphatic rings. The molecule has 0 radical (unpaired) electrons. The van der Waals surface area contributed by atoms with Gasteiger partial charge in [-0.2, -0.15) is 0 Å². The SMILES string of the molecule is CC(CN(C)c1cnc(Cl)cn1)c1nccs1. The van der Waals surface area contributed by atoms with Crippen LogP contribution in [0.25, 0.3) is 0 Å². The lowest BCUT2D eigenvalue weighted by Gasteiger charge is -2.20. The molecule has 0 aromatic carbocycles. The molecule has 0 fully saturated rings. The Hall–Kier alpha value is -1.20. The Kier molecular flexibility index (Phi) is 3.91. The minimum atomic E-state index is 0.373. The van der Waals surface area contributed by atoms with Crippen LogP contribution in [0, 0.1) is 0 Å². The fraction of sp³-hybridized carbons (Fsp3) is 0.364. The number of nitrogens with zero attached hydrogens (tertiary/aromatic N) is 4. The number of thiazole rings is 1. The molecular formula is C11H13ClN4S. The molecule has 6 heteroatoms. The monoisotopic (exact) mass is 268 g/mol. The Labute approximate surface area is 109 Å². The molecule has 0 spiro atoms. The zero-order valence-corrected chi connectivity index (χ0v) is 11.2. The Morgan fingerprint density at radius 1 is 1.35 bits per heavy atom. The lowest BCUT2D eigenvalue weighted by Crippen LogP contribution is -2.23. The summed E-state index contributed by atoms with van der Waals surface area (Å²) >= 11 is 7.38. The van der Waals surface area contributed by atoms with Crippen LogP contribution in [-0.2, 0) is 0 Å². The summed E-state index contributed by atoms with van der Waals surface area (Å²) < 4.78 is 0. The first kappa shape index (κ1) is 12.3. The third kappa shape index (κ3) is 3.14. The highest BCUT2D eigenvalue weighted by molar-refractivity contribution is 7.09. The number of rotatable bonds is 4. The number of hydrogen-bond acceptors (Lipinski definition) is 5. The average Bonchev–Trinajstić information content (AvgIpc) is 2.83. The summed E-state index contributed by atoms with van der Waals surface area (Å²) in [6.45, 7) is 3.00. The van der Waals surface area contributed by atoms with Crippen molar-refractivity contribution in [1.82, 2.24) is 15.0 Å². The third-order valence-electron chi connectivity index (χ3n) is 2.42. The first-order valence-corrected chi connectivity index (χ1v) is 6.50. The summed E-state index contributed by atoms with van der Waals surface area (Å²) in [5.41, 5.74) is 0. The summed E-state index contributed by atoms with van der Waals surface area (Å²) in [5, 5.41) is 3.54. The van der Waals surface area contributed by atoms with Gasteiger partial charge in [0, 0.05) is 31.1 Å². The van der Waals surface area contributed by atoms with Crippen LogP contribution >= 0.6 is 22.9 Å². The molecule has 1 unspecified atom stereocenters. The van der Waals surface area contributed by atoms with E-state index < -0.39 is 0 Å². The van der Waals surface area contributed by atoms with Crippen molar-refractivity contribution in [3.63, 3.8) is 0 Å². The maximum atomic E-state index is 5.70. The van der Waals surface area contributed by atoms with Gasteiger partial charge < -0.3 is 4.90 Å². The highest BCUT2D eigenvalue weighted by Crippen LogP contribution is 2.20. The molecule has 0 aliphatic heterocycles. The molecule has 0 saturated carbocycles. The molecule has 0 saturated heterocycles. The summed E-state index contributed by atoms with van der Waals surface area (Å²) in [5.74, 6) is 1.19. The van der Waals surface area contributed by atoms with Crippen molar-refractivity contribution in [1.29, 1.82) is 0 Å². The molecule has 17 heavy (non-hydrogen) atoms. The summed E-state index contributed by atoms with van der Waals surface area (Å²) in [6, 6.07) is 0. The predicted octanol–water partition coefficient (Wildman–Crippen LogP) is 2.83. The minimum Gasteiger partial charge on any atom is -0.358 e. The maximum Gasteiger partial charge on any atom is 0.147 e. The first-order chi connectivity index (χ1) is 8.16. The highest BCUT2D eigenvalue weighted by atomic mass is 35.5. The van der Waals surface area contributed by atoms with Crippen molar-refractivity contribution >= 4 is 28.8 Å². The first-order valence-electron chi connectivity index (χ1n) is 5.25. The van der Waals surface area contributed by atoms with Gasteiger partial charge in [-0.15, -0.1) is 11.3 Å². The van der Waals surface area contributed by atoms with E-state index >= 15 is 0 Å². The van der Waals surface area contributed by atoms with Crippen LogP contribution < -0.4 is 4.90 Å². The fourth-order valence-electron chi connectivity index (χ4n) is 1.56. The van der Waals surface area contributed by atoms with Crippen LogP contribution in [0.3, 0.4) is 0 Å². The van der Waals surface area contributed by atoms with Crippen LogP contribution in [0.15, 0.2) is 24.0 Å². The molecule has 90 valence electrons. The molecule has 2 aromatic heterocycles. The quantitative estimate of drug-likeness (QED) is 0.855. The van der Waals surface area contributed by atoms with Crippen molar-refractivity contribution in [2.45, 2.75) is 12.8 Å². The van der Waals surface area contributed by atoms with E-state index in [1.807, 2.05) is 18.6 Å². The smallest absolute Gasteiger partial charge is 0.147 e. The highest BCUT2D eigenvalue weighted by Gasteiger charge is 2.12. The van der Waals surface area contributed by atoms with Crippen molar-refractivity contribution in [2.75, 3.05) is 18.5 Å². The van der Waals surface area contributed by atoms with Crippen molar-refractivity contribution < 1.29 is 0 Å². The zero-order chi connectivity index (χ0) is 12.3. The van der Waals surface area contributed by atoms with E-state index in [1.165, 1.54) is 0 Å². The number of likely N-dealkylation sites (N-methyl/N-ethyl adjacent to an activating group) is 1. The van der Waals surface area contributed by atoms with Gasteiger partial charge in [-0.05, 0) is 0 Å². The van der Waals surface area contributed by atoms with Gasteiger partial charge in [0.2, 0.25) is 0 Å². The molecule has 1 atom stereocenters. The Morgan fingerprint density at radius 2 is 2.18 bits per heavy atom. The molecule has 0 amide bonds. The van der Waals surface area contributed by atoms with E-state index in [0.717, 1.165) is 17.4 Å². The van der Waals surface area contributed by atoms with Crippen molar-refractivity contribution in [3.05, 3.63) is 34.1 Å². The second kappa shape index (κ2) is 5.42. The van der Waals surface area contributed by atoms with Crippen LogP contribution in [0.2, 0.25) is 5.15 Å². The van der Waals surface area contributed by atoms with Gasteiger partial charge in [-0.25, -0.2) is 15.0 Å². The zero-order valence-electron chi connectivity index (χ0n) is 9.67. The molecule has 2 rings (SSSR count). The lowest BCUT2D eigenvalue weighted by molar-refractivity contribution is 0.720. The Morgan fingerprint density at radius 3 is 2.76 bits per heavy atom. The Balaban J connectivity index is 2.01. The largest absolute Gasteiger partial charge is 0.358 e. The van der Waals surface area contributed by atoms with E-state index in [4.69, 9.17) is 11.6 Å². The number of anilines is 1. The van der Waals surface area contributed by atoms with Gasteiger partial charge in [-0.1, -0.05) is 18.5 Å². The standard InChI is InChI=1S/C11H13ClN4S/c1-8(11-13-3-4-17-11)7-16(2)10-6-14-9(12)5-15-10/h3-6,8H,7H2,1-2H3. The van der Waals surface area contributed by atoms with E-state index in [9.17, 15) is 0 Å². The lowest BCUT2D eigenvalue weighted by atomic mass is 10.2. The van der Waals surface area contributed by atoms with E-state index in [0.29, 0.717) is 11.1 Å². The van der Waals surface area contributed by atoms with Gasteiger partial charge in [0.25, 0.3) is 0 Å². The van der Waals surface area contributed by atoms with E-state index in [-0.39, 0.29) is 0 Å². The summed E-state index contributed by atoms with van der Waals surface area (Å²) in [4.78, 5) is 14.6. The van der Waals surface area contributed by atoms with E-state index in [1.54, 1.807) is 23.7 Å². The van der Waals surface area contributed by atoms with Gasteiger partial charge in [0.15, 0.2) is 0 Å². The predicted molar refractivity (Wildman–Crippen MR) is 70.8 cm³/mol. The molecule has 2 heterocycles. The normalized spacial score (nSPS) is 12.4. The number of halogens is 1. The Bertz CT molecular complexity index is 457. The minimum absolute atomic E-state index is 0.373. The van der Waals surface area contributed by atoms with Crippen LogP contribution in [0.5, 0.6) is 0 Å². The van der Waals surface area contributed by atoms with Crippen LogP contribution in [0.1, 0.15) is 17.8 Å². The van der Waals surface area contributed by atoms with Crippen molar-refractivity contribution in [2.24, 2.45) is 0 Å². The molecule has 0 N–H and O–H groups in total. The molecule has 0 aliphatic carbocycles. The van der Waals surface area contributed by atoms with E-state index in [2.05, 4.69) is 26.8 Å². The van der Waals surface area contributed by atoms with Gasteiger partial charge in [-0.3, -0.25) is 0 Å². The summed E-state index contributed by atoms with van der Waals surface area (Å²) in [7, 11) is 1.99. The third-order valence-corrected chi connectivity index (χ3v) is 3.62. The van der Waals surface area contributed by atoms with Crippen LogP contribution in [0.4, 0.5) is 5.82 Å². The number of aromatic nitrogens is 3. The fourth-order valence-corrected chi connectivity index (χ4v) is 2.35. The maximum absolute atomic E-state index is 5.70. The summed E-state index contributed by atoms with van der Waals surface area (Å²) in [6.07, 6.45) is 5.07. The molecule has 0 bridgehead atoms. The number of hydrogen-bond donors (Lipinski definition) is 0. The molecular weight excluding hydrogens is 256 g/mol. The van der Waals surface area contributed by atoms with Gasteiger partial charge >= 0.3 is 0 Å². The average molecular weight is 269 g/mol. The van der Waals surface area contributed by atoms with Crippen LogP contribution in [-0.4, -0.2) is 28.5 Å². The molecule has 2 aromatic rings. The van der Waals surface area contributed by atoms with Gasteiger partial charge in [0.1, 0.15) is 11.0 Å². The second-order valence-electron chi connectivity index (χ2n) is 3.85. The van der Waals surface area contributed by atoms with Crippen molar-refractivity contribution in [3.8, 4) is 0 Å². The topological polar surface area (TPSA) is 41.9 Å². The molecule has 4 nitrogen and oxygen atoms in total. The second-order valence-corrected chi connectivity index (χ2v) is 5.16. The van der Waals surface area contributed by atoms with Gasteiger partial charge in [0.05, 0.1) is 17.4 Å².